The summed E-state index contributed by atoms with van der Waals surface area (Å²) in [4.78, 5) is 76.1. The Bertz CT molecular complexity index is 1540. The highest BCUT2D eigenvalue weighted by Crippen LogP contribution is 2.27. The highest BCUT2D eigenvalue weighted by Gasteiger charge is 2.26. The summed E-state index contributed by atoms with van der Waals surface area (Å²) in [5.41, 5.74) is 6.78. The predicted molar refractivity (Wildman–Crippen MR) is 180 cm³/mol. The van der Waals surface area contributed by atoms with Crippen molar-refractivity contribution in [1.29, 1.82) is 0 Å². The molecule has 4 bridgehead atoms. The first-order valence-electron chi connectivity index (χ1n) is 15.6. The van der Waals surface area contributed by atoms with Crippen LogP contribution >= 0.6 is 22.7 Å². The SMILES string of the molecule is CC(C)C[C@@H]1NC(=O)CCCN(C(=O)CN(C)C(N)=O)CCCNC(=O)c2csc(n2)[C@H](Cc2ccccc2)NC(=O)c2csc1n2. The number of carbonyl (C=O) groups excluding carboxylic acids is 5. The molecule has 13 nitrogen and oxygen atoms in total. The number of primary amides is 1. The number of hydrogen-bond acceptors (Lipinski definition) is 9. The van der Waals surface area contributed by atoms with Crippen molar-refractivity contribution in [2.24, 2.45) is 11.7 Å². The third-order valence-electron chi connectivity index (χ3n) is 7.56. The average molecular weight is 683 g/mol. The number of carbonyl (C=O) groups is 5. The minimum Gasteiger partial charge on any atom is -0.351 e. The largest absolute Gasteiger partial charge is 0.351 e. The Morgan fingerprint density at radius 1 is 0.957 bits per heavy atom. The molecule has 3 heterocycles. The van der Waals surface area contributed by atoms with Crippen LogP contribution in [0.3, 0.4) is 0 Å². The van der Waals surface area contributed by atoms with Crippen molar-refractivity contribution in [1.82, 2.24) is 35.7 Å². The second-order valence-corrected chi connectivity index (χ2v) is 13.7. The Hall–Kier alpha value is -4.37. The highest BCUT2D eigenvalue weighted by molar-refractivity contribution is 7.10. The van der Waals surface area contributed by atoms with Gasteiger partial charge in [-0.3, -0.25) is 19.2 Å². The van der Waals surface area contributed by atoms with Gasteiger partial charge in [0.05, 0.1) is 12.1 Å². The number of thiazole rings is 2. The number of urea groups is 1. The van der Waals surface area contributed by atoms with E-state index in [1.807, 2.05) is 30.3 Å². The van der Waals surface area contributed by atoms with Crippen LogP contribution in [0.2, 0.25) is 0 Å². The number of fused-ring (bicyclic) bond motifs is 4. The number of rotatable bonds is 6. The van der Waals surface area contributed by atoms with Crippen molar-refractivity contribution in [2.75, 3.05) is 33.2 Å². The molecule has 6 amide bonds. The van der Waals surface area contributed by atoms with Crippen molar-refractivity contribution in [2.45, 2.75) is 58.0 Å². The molecule has 0 saturated carbocycles. The Kier molecular flexibility index (Phi) is 12.8. The van der Waals surface area contributed by atoms with Crippen LogP contribution in [0, 0.1) is 5.92 Å². The van der Waals surface area contributed by atoms with E-state index in [4.69, 9.17) is 5.73 Å². The predicted octanol–water partition coefficient (Wildman–Crippen LogP) is 3.27. The minimum absolute atomic E-state index is 0.159. The van der Waals surface area contributed by atoms with Gasteiger partial charge in [-0.25, -0.2) is 14.8 Å². The van der Waals surface area contributed by atoms with Gasteiger partial charge in [0.25, 0.3) is 11.8 Å². The number of benzene rings is 1. The summed E-state index contributed by atoms with van der Waals surface area (Å²) in [5.74, 6) is -1.00. The van der Waals surface area contributed by atoms with Crippen molar-refractivity contribution in [3.8, 4) is 0 Å². The lowest BCUT2D eigenvalue weighted by molar-refractivity contribution is -0.132. The zero-order chi connectivity index (χ0) is 33.9. The van der Waals surface area contributed by atoms with Gasteiger partial charge in [-0.2, -0.15) is 0 Å². The summed E-state index contributed by atoms with van der Waals surface area (Å²) in [7, 11) is 1.44. The number of amides is 6. The molecule has 0 saturated heterocycles. The van der Waals surface area contributed by atoms with E-state index >= 15 is 0 Å². The zero-order valence-electron chi connectivity index (χ0n) is 26.9. The number of aromatic nitrogens is 2. The van der Waals surface area contributed by atoms with Crippen molar-refractivity contribution in [3.63, 3.8) is 0 Å². The Morgan fingerprint density at radius 2 is 1.60 bits per heavy atom. The molecule has 0 fully saturated rings. The van der Waals surface area contributed by atoms with E-state index in [1.165, 1.54) is 29.7 Å². The van der Waals surface area contributed by atoms with Gasteiger partial charge in [0.2, 0.25) is 11.8 Å². The average Bonchev–Trinajstić information content (AvgIpc) is 3.72. The van der Waals surface area contributed by atoms with Gasteiger partial charge in [-0.15, -0.1) is 22.7 Å². The van der Waals surface area contributed by atoms with Gasteiger partial charge >= 0.3 is 6.03 Å². The van der Waals surface area contributed by atoms with Gasteiger partial charge in [0.15, 0.2) is 0 Å². The van der Waals surface area contributed by atoms with Crippen LogP contribution in [-0.4, -0.2) is 82.7 Å². The molecule has 0 radical (unpaired) electrons. The topological polar surface area (TPSA) is 180 Å². The normalized spacial score (nSPS) is 18.5. The minimum atomic E-state index is -0.721. The van der Waals surface area contributed by atoms with Gasteiger partial charge in [0.1, 0.15) is 27.9 Å². The van der Waals surface area contributed by atoms with Crippen molar-refractivity contribution < 1.29 is 24.0 Å². The van der Waals surface area contributed by atoms with Crippen molar-refractivity contribution >= 4 is 52.3 Å². The smallest absolute Gasteiger partial charge is 0.314 e. The molecular formula is C32H42N8O5S2. The summed E-state index contributed by atoms with van der Waals surface area (Å²) in [6, 6.07) is 8.07. The number of nitrogens with two attached hydrogens (primary N) is 1. The lowest BCUT2D eigenvalue weighted by atomic mass is 10.0. The second kappa shape index (κ2) is 17.0. The standard InChI is InChI=1S/C32H42N8O5S2/c1-20(2)15-22-30-38-25(19-47-30)29(44)36-23(16-21-9-5-4-6-10-21)31-37-24(18-46-31)28(43)34-12-8-14-40(13-7-11-26(41)35-22)27(42)17-39(3)32(33)45/h4-6,9-10,18-20,22-23H,7-8,11-17H2,1-3H3,(H2,33,45)(H,34,43)(H,35,41)(H,36,44)/t22-,23-/m0/s1. The fraction of sp³-hybridized carbons (Fsp3) is 0.469. The lowest BCUT2D eigenvalue weighted by Crippen LogP contribution is -2.44. The molecule has 2 aromatic heterocycles. The summed E-state index contributed by atoms with van der Waals surface area (Å²) < 4.78 is 0. The molecule has 0 aliphatic carbocycles. The molecule has 1 aliphatic rings. The summed E-state index contributed by atoms with van der Waals surface area (Å²) in [5, 5.41) is 13.5. The maximum atomic E-state index is 13.5. The van der Waals surface area contributed by atoms with Crippen LogP contribution in [0.25, 0.3) is 0 Å². The maximum Gasteiger partial charge on any atom is 0.314 e. The molecular weight excluding hydrogens is 641 g/mol. The van der Waals surface area contributed by atoms with Gasteiger partial charge < -0.3 is 31.5 Å². The first-order valence-corrected chi connectivity index (χ1v) is 17.4. The van der Waals surface area contributed by atoms with Crippen LogP contribution in [0.5, 0.6) is 0 Å². The van der Waals surface area contributed by atoms with E-state index in [9.17, 15) is 24.0 Å². The first kappa shape index (κ1) is 35.5. The molecule has 47 heavy (non-hydrogen) atoms. The zero-order valence-corrected chi connectivity index (χ0v) is 28.5. The second-order valence-electron chi connectivity index (χ2n) is 11.9. The van der Waals surface area contributed by atoms with E-state index in [-0.39, 0.29) is 73.0 Å². The van der Waals surface area contributed by atoms with E-state index in [1.54, 1.807) is 15.7 Å². The monoisotopic (exact) mass is 682 g/mol. The third-order valence-corrected chi connectivity index (χ3v) is 9.48. The number of nitrogens with zero attached hydrogens (tertiary/aromatic N) is 4. The van der Waals surface area contributed by atoms with Crippen LogP contribution < -0.4 is 21.7 Å². The molecule has 1 aliphatic heterocycles. The van der Waals surface area contributed by atoms with Crippen molar-refractivity contribution in [3.05, 3.63) is 68.1 Å². The number of hydrogen-bond donors (Lipinski definition) is 4. The first-order chi connectivity index (χ1) is 22.5. The van der Waals surface area contributed by atoms with E-state index in [0.29, 0.717) is 42.2 Å². The van der Waals surface area contributed by atoms with Crippen LogP contribution in [0.15, 0.2) is 41.1 Å². The van der Waals surface area contributed by atoms with Crippen LogP contribution in [0.4, 0.5) is 4.79 Å². The lowest BCUT2D eigenvalue weighted by Gasteiger charge is -2.25. The molecule has 0 unspecified atom stereocenters. The molecule has 15 heteroatoms. The molecule has 1 aromatic carbocycles. The van der Waals surface area contributed by atoms with Gasteiger partial charge in [0, 0.05) is 43.9 Å². The molecule has 0 spiro atoms. The van der Waals surface area contributed by atoms with Gasteiger partial charge in [-0.05, 0) is 37.2 Å². The molecule has 3 aromatic rings. The Balaban J connectivity index is 1.60. The van der Waals surface area contributed by atoms with Gasteiger partial charge in [-0.1, -0.05) is 44.2 Å². The fourth-order valence-corrected chi connectivity index (χ4v) is 6.79. The molecule has 5 N–H and O–H groups in total. The maximum absolute atomic E-state index is 13.5. The van der Waals surface area contributed by atoms with E-state index in [2.05, 4.69) is 39.8 Å². The fourth-order valence-electron chi connectivity index (χ4n) is 5.08. The van der Waals surface area contributed by atoms with Crippen LogP contribution in [-0.2, 0) is 16.0 Å². The number of nitrogens with one attached hydrogen (secondary N) is 3. The molecule has 2 atom stereocenters. The van der Waals surface area contributed by atoms with E-state index < -0.39 is 12.1 Å². The molecule has 4 rings (SSSR count). The van der Waals surface area contributed by atoms with E-state index in [0.717, 1.165) is 10.5 Å². The highest BCUT2D eigenvalue weighted by atomic mass is 32.1. The summed E-state index contributed by atoms with van der Waals surface area (Å²) in [6.45, 7) is 4.76. The third kappa shape index (κ3) is 10.6. The number of likely N-dealkylation sites (N-methyl/N-ethyl adjacent to an activating group) is 1. The molecule has 252 valence electrons. The Labute approximate surface area is 282 Å². The quantitative estimate of drug-likeness (QED) is 0.308. The summed E-state index contributed by atoms with van der Waals surface area (Å²) >= 11 is 2.60. The summed E-state index contributed by atoms with van der Waals surface area (Å²) in [6.07, 6.45) is 2.07. The Morgan fingerprint density at radius 3 is 2.26 bits per heavy atom. The van der Waals surface area contributed by atoms with Crippen LogP contribution in [0.1, 0.15) is 88.2 Å².